The Morgan fingerprint density at radius 1 is 1.23 bits per heavy atom. The van der Waals surface area contributed by atoms with Gasteiger partial charge in [-0.05, 0) is 6.42 Å². The molecule has 0 aliphatic rings. The topological polar surface area (TPSA) is 149 Å². The van der Waals surface area contributed by atoms with E-state index in [1.165, 1.54) is 6.42 Å². The Morgan fingerprint density at radius 2 is 1.86 bits per heavy atom. The molecule has 0 aliphatic heterocycles. The number of nitrogens with two attached hydrogens (primary N) is 1. The molecule has 0 radical (unpaired) electrons. The molecule has 8 nitrogen and oxygen atoms in total. The van der Waals surface area contributed by atoms with Crippen LogP contribution < -0.4 is 16.4 Å². The van der Waals surface area contributed by atoms with Crippen molar-refractivity contribution in [1.82, 2.24) is 10.6 Å². The highest BCUT2D eigenvalue weighted by Gasteiger charge is 2.21. The number of hydrogen-bond donors (Lipinski definition) is 6. The minimum Gasteiger partial charge on any atom is -0.480 e. The number of guanidine groups is 1. The van der Waals surface area contributed by atoms with Crippen LogP contribution in [0.25, 0.3) is 0 Å². The Morgan fingerprint density at radius 3 is 2.41 bits per heavy atom. The first-order chi connectivity index (χ1) is 10.4. The van der Waals surface area contributed by atoms with Gasteiger partial charge < -0.3 is 26.6 Å². The van der Waals surface area contributed by atoms with Gasteiger partial charge in [0.1, 0.15) is 6.04 Å². The molecule has 0 heterocycles. The fourth-order valence-electron chi connectivity index (χ4n) is 1.96. The summed E-state index contributed by atoms with van der Waals surface area (Å²) in [5.74, 6) is -2.12. The molecule has 0 saturated heterocycles. The minimum absolute atomic E-state index is 0.127. The summed E-state index contributed by atoms with van der Waals surface area (Å²) in [6.07, 6.45) is 4.94. The van der Waals surface area contributed by atoms with Crippen LogP contribution >= 0.6 is 0 Å². The fourth-order valence-corrected chi connectivity index (χ4v) is 1.96. The summed E-state index contributed by atoms with van der Waals surface area (Å²) in [7, 11) is 0. The molecule has 0 fully saturated rings. The molecule has 1 amide bonds. The molecule has 0 aromatic carbocycles. The van der Waals surface area contributed by atoms with Gasteiger partial charge in [-0.2, -0.15) is 0 Å². The van der Waals surface area contributed by atoms with Gasteiger partial charge in [0.15, 0.2) is 5.96 Å². The zero-order valence-electron chi connectivity index (χ0n) is 13.1. The van der Waals surface area contributed by atoms with Crippen molar-refractivity contribution < 1.29 is 19.8 Å². The van der Waals surface area contributed by atoms with E-state index in [-0.39, 0.29) is 18.9 Å². The number of carboxylic acids is 1. The van der Waals surface area contributed by atoms with Crippen molar-refractivity contribution in [1.29, 1.82) is 5.41 Å². The summed E-state index contributed by atoms with van der Waals surface area (Å²) in [6, 6.07) is -1.19. The van der Waals surface area contributed by atoms with E-state index in [0.717, 1.165) is 25.7 Å². The number of aliphatic carboxylic acids is 1. The Balaban J connectivity index is 4.01. The zero-order valence-corrected chi connectivity index (χ0v) is 13.1. The molecule has 0 rings (SSSR count). The largest absolute Gasteiger partial charge is 0.480 e. The molecular formula is C14H28N4O4. The maximum atomic E-state index is 11.7. The molecule has 22 heavy (non-hydrogen) atoms. The van der Waals surface area contributed by atoms with Crippen LogP contribution in [0.1, 0.15) is 51.9 Å². The minimum atomic E-state index is -1.23. The number of carboxylic acid groups (broad SMARTS) is 1. The number of unbranched alkanes of at least 4 members (excludes halogenated alkanes) is 4. The Hall–Kier alpha value is -1.83. The molecule has 0 aromatic heterocycles. The van der Waals surface area contributed by atoms with Crippen molar-refractivity contribution in [3.8, 4) is 0 Å². The first kappa shape index (κ1) is 20.2. The SMILES string of the molecule is CCCCCCC[C@@H](O)CC(=O)N[C@H](CNC(=N)N)C(=O)O. The highest BCUT2D eigenvalue weighted by atomic mass is 16.4. The summed E-state index contributed by atoms with van der Waals surface area (Å²) in [4.78, 5) is 22.7. The second-order valence-corrected chi connectivity index (χ2v) is 5.31. The maximum Gasteiger partial charge on any atom is 0.328 e. The number of amides is 1. The number of nitrogens with one attached hydrogen (secondary N) is 3. The number of hydrogen-bond acceptors (Lipinski definition) is 4. The van der Waals surface area contributed by atoms with E-state index in [2.05, 4.69) is 17.6 Å². The molecule has 2 atom stereocenters. The van der Waals surface area contributed by atoms with Gasteiger partial charge in [-0.3, -0.25) is 10.2 Å². The monoisotopic (exact) mass is 316 g/mol. The van der Waals surface area contributed by atoms with Gasteiger partial charge >= 0.3 is 5.97 Å². The van der Waals surface area contributed by atoms with E-state index >= 15 is 0 Å². The maximum absolute atomic E-state index is 11.7. The molecule has 0 spiro atoms. The average Bonchev–Trinajstić information content (AvgIpc) is 2.42. The second kappa shape index (κ2) is 11.8. The third-order valence-corrected chi connectivity index (χ3v) is 3.19. The average molecular weight is 316 g/mol. The number of rotatable bonds is 12. The van der Waals surface area contributed by atoms with Crippen LogP contribution in [-0.2, 0) is 9.59 Å². The van der Waals surface area contributed by atoms with Crippen LogP contribution in [0.3, 0.4) is 0 Å². The standard InChI is InChI=1S/C14H28N4O4/c1-2-3-4-5-6-7-10(19)8-12(20)18-11(13(21)22)9-17-14(15)16/h10-11,19H,2-9H2,1H3,(H,18,20)(H,21,22)(H4,15,16,17)/t10-,11-/m1/s1. The van der Waals surface area contributed by atoms with Crippen molar-refractivity contribution in [2.75, 3.05) is 6.54 Å². The number of aliphatic hydroxyl groups is 1. The lowest BCUT2D eigenvalue weighted by atomic mass is 10.1. The van der Waals surface area contributed by atoms with E-state index < -0.39 is 24.0 Å². The summed E-state index contributed by atoms with van der Waals surface area (Å²) >= 11 is 0. The lowest BCUT2D eigenvalue weighted by molar-refractivity contribution is -0.141. The van der Waals surface area contributed by atoms with Crippen LogP contribution in [0.2, 0.25) is 0 Å². The van der Waals surface area contributed by atoms with Crippen molar-refractivity contribution in [2.45, 2.75) is 64.0 Å². The predicted octanol–water partition coefficient (Wildman–Crippen LogP) is 0.150. The molecule has 7 N–H and O–H groups in total. The second-order valence-electron chi connectivity index (χ2n) is 5.31. The molecule has 0 saturated carbocycles. The molecule has 128 valence electrons. The van der Waals surface area contributed by atoms with E-state index in [0.29, 0.717) is 6.42 Å². The van der Waals surface area contributed by atoms with Gasteiger partial charge in [0.25, 0.3) is 0 Å². The van der Waals surface area contributed by atoms with E-state index in [4.69, 9.17) is 16.2 Å². The van der Waals surface area contributed by atoms with Crippen molar-refractivity contribution in [3.05, 3.63) is 0 Å². The predicted molar refractivity (Wildman–Crippen MR) is 83.5 cm³/mol. The Labute approximate surface area is 131 Å². The van der Waals surface area contributed by atoms with E-state index in [9.17, 15) is 14.7 Å². The summed E-state index contributed by atoms with van der Waals surface area (Å²) in [5, 5.41) is 30.3. The molecule has 0 aromatic rings. The van der Waals surface area contributed by atoms with Gasteiger partial charge in [0.05, 0.1) is 12.5 Å². The summed E-state index contributed by atoms with van der Waals surface area (Å²) in [6.45, 7) is 1.95. The Bertz CT molecular complexity index is 363. The molecule has 0 aliphatic carbocycles. The lowest BCUT2D eigenvalue weighted by Crippen LogP contribution is -2.50. The van der Waals surface area contributed by atoms with E-state index in [1.807, 2.05) is 0 Å². The normalized spacial score (nSPS) is 13.2. The summed E-state index contributed by atoms with van der Waals surface area (Å²) < 4.78 is 0. The van der Waals surface area contributed by atoms with Gasteiger partial charge in [0.2, 0.25) is 5.91 Å². The van der Waals surface area contributed by atoms with Crippen LogP contribution in [0.15, 0.2) is 0 Å². The lowest BCUT2D eigenvalue weighted by Gasteiger charge is -2.16. The number of carbonyl (C=O) groups is 2. The van der Waals surface area contributed by atoms with Gasteiger partial charge in [0, 0.05) is 6.54 Å². The molecule has 0 unspecified atom stereocenters. The fraction of sp³-hybridized carbons (Fsp3) is 0.786. The molecule has 8 heteroatoms. The highest BCUT2D eigenvalue weighted by Crippen LogP contribution is 2.09. The van der Waals surface area contributed by atoms with Gasteiger partial charge in [-0.15, -0.1) is 0 Å². The molecule has 0 bridgehead atoms. The van der Waals surface area contributed by atoms with Crippen molar-refractivity contribution >= 4 is 17.8 Å². The van der Waals surface area contributed by atoms with Crippen molar-refractivity contribution in [3.63, 3.8) is 0 Å². The Kier molecular flexibility index (Phi) is 10.8. The van der Waals surface area contributed by atoms with Crippen LogP contribution in [-0.4, -0.2) is 46.7 Å². The smallest absolute Gasteiger partial charge is 0.328 e. The summed E-state index contributed by atoms with van der Waals surface area (Å²) in [5.41, 5.74) is 5.07. The number of aliphatic hydroxyl groups excluding tert-OH is 1. The first-order valence-corrected chi connectivity index (χ1v) is 7.65. The zero-order chi connectivity index (χ0) is 17.0. The third-order valence-electron chi connectivity index (χ3n) is 3.19. The van der Waals surface area contributed by atoms with Crippen LogP contribution in [0, 0.1) is 5.41 Å². The first-order valence-electron chi connectivity index (χ1n) is 7.65. The van der Waals surface area contributed by atoms with Crippen LogP contribution in [0.5, 0.6) is 0 Å². The number of carbonyl (C=O) groups excluding carboxylic acids is 1. The van der Waals surface area contributed by atoms with Crippen LogP contribution in [0.4, 0.5) is 0 Å². The van der Waals surface area contributed by atoms with Gasteiger partial charge in [-0.1, -0.05) is 39.0 Å². The highest BCUT2D eigenvalue weighted by molar-refractivity contribution is 5.84. The van der Waals surface area contributed by atoms with Gasteiger partial charge in [-0.25, -0.2) is 4.79 Å². The third kappa shape index (κ3) is 10.9. The van der Waals surface area contributed by atoms with Crippen molar-refractivity contribution in [2.24, 2.45) is 5.73 Å². The molecular weight excluding hydrogens is 288 g/mol. The quantitative estimate of drug-likeness (QED) is 0.171. The van der Waals surface area contributed by atoms with E-state index in [1.54, 1.807) is 0 Å².